The van der Waals surface area contributed by atoms with Crippen LogP contribution in [0.3, 0.4) is 0 Å². The van der Waals surface area contributed by atoms with Crippen molar-refractivity contribution in [3.63, 3.8) is 0 Å². The summed E-state index contributed by atoms with van der Waals surface area (Å²) in [5.74, 6) is -6.01. The maximum atomic E-state index is 12.9. The average molecular weight is 684 g/mol. The first-order valence-electron chi connectivity index (χ1n) is 17.0. The van der Waals surface area contributed by atoms with Gasteiger partial charge in [-0.25, -0.2) is 0 Å². The minimum Gasteiger partial charge on any atom is -0.497 e. The predicted octanol–water partition coefficient (Wildman–Crippen LogP) is 7.09. The van der Waals surface area contributed by atoms with Gasteiger partial charge in [-0.1, -0.05) is 117 Å². The molecule has 1 aliphatic heterocycles. The maximum absolute atomic E-state index is 12.9. The molecule has 9 nitrogen and oxygen atoms in total. The summed E-state index contributed by atoms with van der Waals surface area (Å²) in [6.07, 6.45) is -0.290. The molecule has 0 bridgehead atoms. The van der Waals surface area contributed by atoms with Gasteiger partial charge in [-0.05, 0) is 38.0 Å². The van der Waals surface area contributed by atoms with Crippen molar-refractivity contribution < 1.29 is 37.4 Å². The van der Waals surface area contributed by atoms with Gasteiger partial charge in [0.05, 0.1) is 26.3 Å². The summed E-state index contributed by atoms with van der Waals surface area (Å²) in [7, 11) is 1.67. The van der Waals surface area contributed by atoms with Crippen LogP contribution in [0.1, 0.15) is 94.2 Å². The molecule has 3 N–H and O–H groups in total. The lowest BCUT2D eigenvalue weighted by Crippen LogP contribution is -2.52. The number of aryl methyl sites for hydroxylation is 1. The van der Waals surface area contributed by atoms with Gasteiger partial charge in [0.1, 0.15) is 17.9 Å². The van der Waals surface area contributed by atoms with E-state index in [9.17, 15) is 28.0 Å². The van der Waals surface area contributed by atoms with E-state index in [1.165, 1.54) is 12.5 Å². The molecule has 2 aromatic rings. The molecule has 1 fully saturated rings. The number of hydrogen-bond donors (Lipinski definition) is 3. The Kier molecular flexibility index (Phi) is 33.7. The number of Topliss-reactive ketones (excluding diaryl/α,β-unsaturated/α-hetero) is 1. The number of epoxide rings is 1. The molecule has 0 aliphatic carbocycles. The van der Waals surface area contributed by atoms with Crippen LogP contribution in [0, 0.1) is 6.92 Å². The van der Waals surface area contributed by atoms with Crippen molar-refractivity contribution in [2.75, 3.05) is 20.3 Å². The van der Waals surface area contributed by atoms with E-state index >= 15 is 0 Å². The zero-order valence-electron chi connectivity index (χ0n) is 31.8. The monoisotopic (exact) mass is 683 g/mol. The van der Waals surface area contributed by atoms with Gasteiger partial charge >= 0.3 is 5.92 Å². The third-order valence-corrected chi connectivity index (χ3v) is 5.43. The molecule has 276 valence electrons. The van der Waals surface area contributed by atoms with Crippen LogP contribution in [0.15, 0.2) is 54.6 Å². The van der Waals surface area contributed by atoms with Crippen molar-refractivity contribution in [1.29, 1.82) is 0 Å². The number of methoxy groups -OCH3 is 1. The van der Waals surface area contributed by atoms with E-state index in [0.717, 1.165) is 11.3 Å². The molecule has 0 aromatic heterocycles. The number of ketones is 1. The third kappa shape index (κ3) is 24.3. The number of amides is 3. The van der Waals surface area contributed by atoms with Gasteiger partial charge in [-0.2, -0.15) is 8.78 Å². The average Bonchev–Trinajstić information content (AvgIpc) is 3.97. The summed E-state index contributed by atoms with van der Waals surface area (Å²) in [6.45, 7) is 23.5. The molecule has 1 saturated heterocycles. The molecule has 0 radical (unpaired) electrons. The minimum absolute atomic E-state index is 0.261. The lowest BCUT2D eigenvalue weighted by molar-refractivity contribution is -0.145. The fraction of sp³-hybridized carbons (Fsp3) is 0.568. The first kappa shape index (κ1) is 51.0. The number of benzene rings is 2. The Bertz CT molecular complexity index is 1090. The van der Waals surface area contributed by atoms with E-state index in [0.29, 0.717) is 13.5 Å². The highest BCUT2D eigenvalue weighted by Crippen LogP contribution is 2.15. The fourth-order valence-corrected chi connectivity index (χ4v) is 3.14. The molecule has 1 aliphatic rings. The molecule has 3 atom stereocenters. The quantitative estimate of drug-likeness (QED) is 0.217. The number of ether oxygens (including phenoxy) is 2. The van der Waals surface area contributed by atoms with Crippen molar-refractivity contribution in [3.05, 3.63) is 65.7 Å². The van der Waals surface area contributed by atoms with Gasteiger partial charge in [0.15, 0.2) is 5.78 Å². The number of carbonyl (C=O) groups is 4. The normalized spacial score (nSPS) is 13.0. The zero-order chi connectivity index (χ0) is 38.3. The first-order chi connectivity index (χ1) is 22.9. The number of halogens is 2. The molecule has 3 unspecified atom stereocenters. The SMILES string of the molecule is CC.CC.CC.CC.CC.CC(NC(=O)C(C)(F)F)C(=O)NCC(=O)NC(Cc1ccccc1)C(=O)C1CO1.COc1ccc(C)cc1. The Balaban J connectivity index is -0.000000422. The Morgan fingerprint density at radius 2 is 1.33 bits per heavy atom. The first-order valence-corrected chi connectivity index (χ1v) is 17.0. The largest absolute Gasteiger partial charge is 0.497 e. The van der Waals surface area contributed by atoms with Crippen LogP contribution >= 0.6 is 0 Å². The second-order valence-corrected chi connectivity index (χ2v) is 8.85. The van der Waals surface area contributed by atoms with Crippen molar-refractivity contribution in [2.45, 2.75) is 121 Å². The van der Waals surface area contributed by atoms with E-state index in [-0.39, 0.29) is 12.2 Å². The Morgan fingerprint density at radius 3 is 1.75 bits per heavy atom. The van der Waals surface area contributed by atoms with Crippen LogP contribution in [0.5, 0.6) is 5.75 Å². The van der Waals surface area contributed by atoms with Crippen molar-refractivity contribution in [2.24, 2.45) is 0 Å². The molecular formula is C37H63F2N3O6. The summed E-state index contributed by atoms with van der Waals surface area (Å²) >= 11 is 0. The predicted molar refractivity (Wildman–Crippen MR) is 193 cm³/mol. The third-order valence-electron chi connectivity index (χ3n) is 5.43. The molecule has 11 heteroatoms. The second-order valence-electron chi connectivity index (χ2n) is 8.85. The summed E-state index contributed by atoms with van der Waals surface area (Å²) in [6, 6.07) is 14.9. The standard InChI is InChI=1S/C19H23F2N3O5.C8H10O.5C2H6/c1-11(23-18(28)19(2,20)21)17(27)22-9-15(25)24-13(16(26)14-10-29-14)8-12-6-4-3-5-7-12;1-7-3-5-8(9-2)6-4-7;5*1-2/h3-7,11,13-14H,8-10H2,1-2H3,(H,22,27)(H,23,28)(H,24,25);3-6H,1-2H3;5*1-2H3. The van der Waals surface area contributed by atoms with Crippen LogP contribution in [-0.2, 0) is 30.3 Å². The van der Waals surface area contributed by atoms with Gasteiger partial charge in [-0.3, -0.25) is 19.2 Å². The Labute approximate surface area is 288 Å². The van der Waals surface area contributed by atoms with Crippen molar-refractivity contribution in [1.82, 2.24) is 16.0 Å². The molecule has 1 heterocycles. The van der Waals surface area contributed by atoms with Gasteiger partial charge in [-0.15, -0.1) is 0 Å². The molecule has 2 aromatic carbocycles. The number of rotatable bonds is 11. The molecule has 0 saturated carbocycles. The number of nitrogens with one attached hydrogen (secondary N) is 3. The second kappa shape index (κ2) is 31.7. The summed E-state index contributed by atoms with van der Waals surface area (Å²) in [5, 5.41) is 6.65. The lowest BCUT2D eigenvalue weighted by atomic mass is 10.0. The molecular weight excluding hydrogens is 620 g/mol. The van der Waals surface area contributed by atoms with Gasteiger partial charge < -0.3 is 25.4 Å². The number of hydrogen-bond acceptors (Lipinski definition) is 6. The van der Waals surface area contributed by atoms with E-state index in [1.54, 1.807) is 7.11 Å². The molecule has 3 amide bonds. The molecule has 48 heavy (non-hydrogen) atoms. The van der Waals surface area contributed by atoms with E-state index < -0.39 is 48.4 Å². The maximum Gasteiger partial charge on any atom is 0.321 e. The fourth-order valence-electron chi connectivity index (χ4n) is 3.14. The van der Waals surface area contributed by atoms with E-state index in [4.69, 9.17) is 9.47 Å². The minimum atomic E-state index is -3.62. The van der Waals surface area contributed by atoms with Crippen LogP contribution in [0.2, 0.25) is 0 Å². The highest BCUT2D eigenvalue weighted by Gasteiger charge is 2.37. The van der Waals surface area contributed by atoms with Crippen LogP contribution in [0.25, 0.3) is 0 Å². The van der Waals surface area contributed by atoms with Crippen LogP contribution in [-0.4, -0.2) is 67.9 Å². The summed E-state index contributed by atoms with van der Waals surface area (Å²) in [4.78, 5) is 47.6. The van der Waals surface area contributed by atoms with Crippen LogP contribution in [0.4, 0.5) is 8.78 Å². The topological polar surface area (TPSA) is 126 Å². The van der Waals surface area contributed by atoms with Crippen molar-refractivity contribution >= 4 is 23.5 Å². The number of alkyl halides is 2. The van der Waals surface area contributed by atoms with Gasteiger partial charge in [0.2, 0.25) is 11.8 Å². The van der Waals surface area contributed by atoms with Crippen molar-refractivity contribution in [3.8, 4) is 5.75 Å². The zero-order valence-corrected chi connectivity index (χ0v) is 31.8. The van der Waals surface area contributed by atoms with E-state index in [1.807, 2.05) is 129 Å². The highest BCUT2D eigenvalue weighted by molar-refractivity contribution is 5.95. The highest BCUT2D eigenvalue weighted by atomic mass is 19.3. The number of carbonyl (C=O) groups excluding carboxylic acids is 4. The van der Waals surface area contributed by atoms with Gasteiger partial charge in [0.25, 0.3) is 5.91 Å². The summed E-state index contributed by atoms with van der Waals surface area (Å²) < 4.78 is 35.7. The molecule has 3 rings (SSSR count). The Hall–Kier alpha value is -3.86. The smallest absolute Gasteiger partial charge is 0.321 e. The van der Waals surface area contributed by atoms with Crippen LogP contribution < -0.4 is 20.7 Å². The lowest BCUT2D eigenvalue weighted by Gasteiger charge is -2.19. The molecule has 0 spiro atoms. The summed E-state index contributed by atoms with van der Waals surface area (Å²) in [5.41, 5.74) is 2.10. The van der Waals surface area contributed by atoms with Gasteiger partial charge in [0, 0.05) is 6.92 Å². The van der Waals surface area contributed by atoms with E-state index in [2.05, 4.69) is 17.6 Å². The Morgan fingerprint density at radius 1 is 0.854 bits per heavy atom.